The Kier molecular flexibility index (Phi) is 5.18. The Labute approximate surface area is 136 Å². The molecule has 0 bridgehead atoms. The van der Waals surface area contributed by atoms with Crippen LogP contribution in [0.5, 0.6) is 0 Å². The van der Waals surface area contributed by atoms with E-state index >= 15 is 0 Å². The quantitative estimate of drug-likeness (QED) is 0.881. The average Bonchev–Trinajstić information content (AvgIpc) is 2.52. The maximum atomic E-state index is 12.3. The van der Waals surface area contributed by atoms with E-state index in [1.165, 1.54) is 24.3 Å². The molecule has 3 N–H and O–H groups in total. The Morgan fingerprint density at radius 3 is 2.13 bits per heavy atom. The molecule has 2 rings (SSSR count). The molecule has 0 radical (unpaired) electrons. The van der Waals surface area contributed by atoms with Crippen molar-refractivity contribution in [2.75, 3.05) is 0 Å². The number of nitrogens with one attached hydrogen (secondary N) is 1. The van der Waals surface area contributed by atoms with E-state index < -0.39 is 10.0 Å². The van der Waals surface area contributed by atoms with Crippen LogP contribution in [-0.2, 0) is 10.0 Å². The summed E-state index contributed by atoms with van der Waals surface area (Å²) in [5.74, 6) is -0.251. The molecule has 0 fully saturated rings. The first-order valence-electron chi connectivity index (χ1n) is 7.31. The van der Waals surface area contributed by atoms with Gasteiger partial charge in [0.15, 0.2) is 0 Å². The number of aryl methyl sites for hydroxylation is 1. The SMILES string of the molecule is CCC(NC(=O)c1ccc(S(N)(=O)=O)cc1)c1ccc(C)cc1. The van der Waals surface area contributed by atoms with Gasteiger partial charge < -0.3 is 5.32 Å². The second-order valence-electron chi connectivity index (χ2n) is 5.41. The summed E-state index contributed by atoms with van der Waals surface area (Å²) in [5.41, 5.74) is 2.59. The molecule has 6 heteroatoms. The monoisotopic (exact) mass is 332 g/mol. The summed E-state index contributed by atoms with van der Waals surface area (Å²) in [4.78, 5) is 12.3. The molecule has 0 aromatic heterocycles. The summed E-state index contributed by atoms with van der Waals surface area (Å²) in [6, 6.07) is 13.5. The van der Waals surface area contributed by atoms with Gasteiger partial charge in [0.1, 0.15) is 0 Å². The summed E-state index contributed by atoms with van der Waals surface area (Å²) in [5, 5.41) is 8.00. The van der Waals surface area contributed by atoms with Gasteiger partial charge in [-0.1, -0.05) is 36.8 Å². The lowest BCUT2D eigenvalue weighted by Gasteiger charge is -2.18. The Morgan fingerprint density at radius 2 is 1.65 bits per heavy atom. The molecule has 0 aliphatic rings. The van der Waals surface area contributed by atoms with E-state index in [2.05, 4.69) is 5.32 Å². The summed E-state index contributed by atoms with van der Waals surface area (Å²) in [6.07, 6.45) is 0.754. The van der Waals surface area contributed by atoms with Crippen molar-refractivity contribution in [3.63, 3.8) is 0 Å². The van der Waals surface area contributed by atoms with Crippen LogP contribution >= 0.6 is 0 Å². The molecule has 23 heavy (non-hydrogen) atoms. The summed E-state index contributed by atoms with van der Waals surface area (Å²) in [7, 11) is -3.75. The fourth-order valence-electron chi connectivity index (χ4n) is 2.26. The molecular weight excluding hydrogens is 312 g/mol. The van der Waals surface area contributed by atoms with Crippen molar-refractivity contribution >= 4 is 15.9 Å². The van der Waals surface area contributed by atoms with E-state index in [1.54, 1.807) is 0 Å². The number of amides is 1. The second-order valence-corrected chi connectivity index (χ2v) is 6.98. The van der Waals surface area contributed by atoms with E-state index in [0.717, 1.165) is 17.5 Å². The van der Waals surface area contributed by atoms with Gasteiger partial charge in [-0.3, -0.25) is 4.79 Å². The zero-order valence-corrected chi connectivity index (χ0v) is 13.9. The third-order valence-electron chi connectivity index (χ3n) is 3.64. The van der Waals surface area contributed by atoms with Crippen molar-refractivity contribution in [3.05, 3.63) is 65.2 Å². The topological polar surface area (TPSA) is 89.3 Å². The van der Waals surface area contributed by atoms with E-state index in [4.69, 9.17) is 5.14 Å². The molecule has 0 aliphatic heterocycles. The smallest absolute Gasteiger partial charge is 0.251 e. The van der Waals surface area contributed by atoms with Crippen LogP contribution in [-0.4, -0.2) is 14.3 Å². The minimum Gasteiger partial charge on any atom is -0.345 e. The van der Waals surface area contributed by atoms with Crippen LogP contribution in [0, 0.1) is 6.92 Å². The van der Waals surface area contributed by atoms with Crippen LogP contribution in [0.4, 0.5) is 0 Å². The molecule has 0 aliphatic carbocycles. The predicted octanol–water partition coefficient (Wildman–Crippen LogP) is 2.52. The van der Waals surface area contributed by atoms with Crippen molar-refractivity contribution in [3.8, 4) is 0 Å². The zero-order valence-electron chi connectivity index (χ0n) is 13.1. The van der Waals surface area contributed by atoms with Gasteiger partial charge in [0.05, 0.1) is 10.9 Å². The first-order chi connectivity index (χ1) is 10.8. The molecule has 1 amide bonds. The molecule has 2 aromatic rings. The number of sulfonamides is 1. The van der Waals surface area contributed by atoms with Crippen molar-refractivity contribution in [2.45, 2.75) is 31.2 Å². The molecule has 5 nitrogen and oxygen atoms in total. The largest absolute Gasteiger partial charge is 0.345 e. The van der Waals surface area contributed by atoms with Crippen molar-refractivity contribution < 1.29 is 13.2 Å². The van der Waals surface area contributed by atoms with Gasteiger partial charge in [0.2, 0.25) is 10.0 Å². The first-order valence-corrected chi connectivity index (χ1v) is 8.86. The number of carbonyl (C=O) groups excluding carboxylic acids is 1. The standard InChI is InChI=1S/C17H20N2O3S/c1-3-16(13-6-4-12(2)5-7-13)19-17(20)14-8-10-15(11-9-14)23(18,21)22/h4-11,16H,3H2,1-2H3,(H,19,20)(H2,18,21,22). The van der Waals surface area contributed by atoms with E-state index in [-0.39, 0.29) is 16.8 Å². The maximum absolute atomic E-state index is 12.3. The van der Waals surface area contributed by atoms with Gasteiger partial charge >= 0.3 is 0 Å². The second kappa shape index (κ2) is 6.93. The minimum atomic E-state index is -3.75. The average molecular weight is 332 g/mol. The Hall–Kier alpha value is -2.18. The normalized spacial score (nSPS) is 12.7. The van der Waals surface area contributed by atoms with Gasteiger partial charge in [0, 0.05) is 5.56 Å². The maximum Gasteiger partial charge on any atom is 0.251 e. The molecule has 0 saturated carbocycles. The highest BCUT2D eigenvalue weighted by Gasteiger charge is 2.15. The number of rotatable bonds is 5. The first kappa shape index (κ1) is 17.2. The van der Waals surface area contributed by atoms with Gasteiger partial charge in [-0.15, -0.1) is 0 Å². The molecule has 0 saturated heterocycles. The number of primary sulfonamides is 1. The van der Waals surface area contributed by atoms with Crippen LogP contribution in [0.3, 0.4) is 0 Å². The Balaban J connectivity index is 2.15. The fraction of sp³-hybridized carbons (Fsp3) is 0.235. The molecule has 1 atom stereocenters. The zero-order chi connectivity index (χ0) is 17.0. The summed E-state index contributed by atoms with van der Waals surface area (Å²) < 4.78 is 22.5. The van der Waals surface area contributed by atoms with Gasteiger partial charge in [-0.25, -0.2) is 13.6 Å². The summed E-state index contributed by atoms with van der Waals surface area (Å²) in [6.45, 7) is 4.01. The lowest BCUT2D eigenvalue weighted by molar-refractivity contribution is 0.0935. The number of benzene rings is 2. The molecule has 0 spiro atoms. The number of hydrogen-bond acceptors (Lipinski definition) is 3. The van der Waals surface area contributed by atoms with Crippen LogP contribution < -0.4 is 10.5 Å². The molecule has 1 unspecified atom stereocenters. The summed E-state index contributed by atoms with van der Waals surface area (Å²) >= 11 is 0. The van der Waals surface area contributed by atoms with Crippen LogP contribution in [0.15, 0.2) is 53.4 Å². The Morgan fingerprint density at radius 1 is 1.09 bits per heavy atom. The third kappa shape index (κ3) is 4.40. The van der Waals surface area contributed by atoms with Crippen molar-refractivity contribution in [2.24, 2.45) is 5.14 Å². The van der Waals surface area contributed by atoms with Crippen LogP contribution in [0.25, 0.3) is 0 Å². The minimum absolute atomic E-state index is 0.0142. The van der Waals surface area contributed by atoms with E-state index in [1.807, 2.05) is 38.1 Å². The highest BCUT2D eigenvalue weighted by molar-refractivity contribution is 7.89. The number of nitrogens with two attached hydrogens (primary N) is 1. The van der Waals surface area contributed by atoms with Gasteiger partial charge in [0.25, 0.3) is 5.91 Å². The molecule has 2 aromatic carbocycles. The Bertz CT molecular complexity index is 782. The fourth-order valence-corrected chi connectivity index (χ4v) is 2.77. The van der Waals surface area contributed by atoms with Crippen molar-refractivity contribution in [1.82, 2.24) is 5.32 Å². The van der Waals surface area contributed by atoms with Gasteiger partial charge in [-0.05, 0) is 43.2 Å². The number of hydrogen-bond donors (Lipinski definition) is 2. The molecular formula is C17H20N2O3S. The predicted molar refractivity (Wildman–Crippen MR) is 89.5 cm³/mol. The van der Waals surface area contributed by atoms with Crippen LogP contribution in [0.1, 0.15) is 40.9 Å². The van der Waals surface area contributed by atoms with E-state index in [0.29, 0.717) is 5.56 Å². The lowest BCUT2D eigenvalue weighted by Crippen LogP contribution is -2.28. The lowest BCUT2D eigenvalue weighted by atomic mass is 10.0. The highest BCUT2D eigenvalue weighted by atomic mass is 32.2. The van der Waals surface area contributed by atoms with Crippen LogP contribution in [0.2, 0.25) is 0 Å². The van der Waals surface area contributed by atoms with Gasteiger partial charge in [-0.2, -0.15) is 0 Å². The van der Waals surface area contributed by atoms with E-state index in [9.17, 15) is 13.2 Å². The third-order valence-corrected chi connectivity index (χ3v) is 4.57. The highest BCUT2D eigenvalue weighted by Crippen LogP contribution is 2.18. The molecule has 0 heterocycles. The molecule has 122 valence electrons. The van der Waals surface area contributed by atoms with Crippen molar-refractivity contribution in [1.29, 1.82) is 0 Å². The number of carbonyl (C=O) groups is 1.